The summed E-state index contributed by atoms with van der Waals surface area (Å²) in [5.74, 6) is 0. The number of hydrogen-bond donors (Lipinski definition) is 0. The molecule has 0 saturated heterocycles. The molecule has 0 fully saturated rings. The molecule has 1 nitrogen and oxygen atoms in total. The fraction of sp³-hybridized carbons (Fsp3) is 0.182. The smallest absolute Gasteiger partial charge is 0.0707 e. The molecule has 3 aromatic carbocycles. The van der Waals surface area contributed by atoms with Crippen molar-refractivity contribution in [2.24, 2.45) is 0 Å². The first-order valence-electron chi connectivity index (χ1n) is 12.8. The van der Waals surface area contributed by atoms with Crippen LogP contribution in [0, 0.1) is 0 Å². The van der Waals surface area contributed by atoms with Gasteiger partial charge in [-0.1, -0.05) is 84.2 Å². The Hall–Kier alpha value is -2.27. The predicted molar refractivity (Wildman–Crippen MR) is 167 cm³/mol. The number of benzene rings is 3. The van der Waals surface area contributed by atoms with Gasteiger partial charge in [0.05, 0.1) is 11.4 Å². The Morgan fingerprint density at radius 3 is 1.35 bits per heavy atom. The summed E-state index contributed by atoms with van der Waals surface area (Å²) in [6.07, 6.45) is 11.3. The molecule has 0 unspecified atom stereocenters. The Morgan fingerprint density at radius 2 is 0.919 bits per heavy atom. The summed E-state index contributed by atoms with van der Waals surface area (Å²) in [7, 11) is 0. The van der Waals surface area contributed by atoms with Gasteiger partial charge in [0.2, 0.25) is 0 Å². The lowest BCUT2D eigenvalue weighted by Crippen LogP contribution is -2.15. The Kier molecular flexibility index (Phi) is 7.34. The van der Waals surface area contributed by atoms with Gasteiger partial charge in [-0.05, 0) is 132 Å². The molecule has 37 heavy (non-hydrogen) atoms. The number of allylic oxidation sites excluding steroid dienone is 2. The molecule has 4 heteroatoms. The largest absolute Gasteiger partial charge is 0.248 e. The summed E-state index contributed by atoms with van der Waals surface area (Å²) in [5.41, 5.74) is 13.1. The molecule has 1 aromatic heterocycles. The molecule has 0 radical (unpaired) electrons. The van der Waals surface area contributed by atoms with E-state index < -0.39 is 0 Å². The molecular formula is C33H26Br3N. The van der Waals surface area contributed by atoms with Gasteiger partial charge in [-0.25, -0.2) is 4.98 Å². The number of hydrogen-bond acceptors (Lipinski definition) is 1. The van der Waals surface area contributed by atoms with Gasteiger partial charge in [0.15, 0.2) is 0 Å². The first-order valence-corrected chi connectivity index (χ1v) is 15.2. The number of pyridine rings is 1. The SMILES string of the molecule is Brc1ccc(/C=C2\CCCc3c2nc2c(c3-c3ccc(Br)cc3)CCC/C2=C\c2ccc(Br)cc2)cc1. The zero-order valence-corrected chi connectivity index (χ0v) is 25.2. The van der Waals surface area contributed by atoms with Gasteiger partial charge in [-0.3, -0.25) is 0 Å². The van der Waals surface area contributed by atoms with E-state index in [1.54, 1.807) is 0 Å². The van der Waals surface area contributed by atoms with Crippen molar-refractivity contribution in [3.05, 3.63) is 120 Å². The monoisotopic (exact) mass is 673 g/mol. The van der Waals surface area contributed by atoms with E-state index in [0.717, 1.165) is 51.9 Å². The van der Waals surface area contributed by atoms with Crippen LogP contribution in [0.4, 0.5) is 0 Å². The van der Waals surface area contributed by atoms with Crippen molar-refractivity contribution in [3.63, 3.8) is 0 Å². The molecule has 2 aliphatic rings. The van der Waals surface area contributed by atoms with Crippen LogP contribution in [0.5, 0.6) is 0 Å². The summed E-state index contributed by atoms with van der Waals surface area (Å²) in [6, 6.07) is 26.0. The number of rotatable bonds is 3. The summed E-state index contributed by atoms with van der Waals surface area (Å²) in [6.45, 7) is 0. The van der Waals surface area contributed by atoms with Crippen molar-refractivity contribution in [1.29, 1.82) is 0 Å². The number of nitrogens with zero attached hydrogens (tertiary/aromatic N) is 1. The van der Waals surface area contributed by atoms with Gasteiger partial charge in [-0.15, -0.1) is 0 Å². The van der Waals surface area contributed by atoms with E-state index in [2.05, 4.69) is 133 Å². The van der Waals surface area contributed by atoms with Gasteiger partial charge in [-0.2, -0.15) is 0 Å². The van der Waals surface area contributed by atoms with Gasteiger partial charge >= 0.3 is 0 Å². The van der Waals surface area contributed by atoms with E-state index in [1.807, 2.05) is 0 Å². The van der Waals surface area contributed by atoms with E-state index in [9.17, 15) is 0 Å². The van der Waals surface area contributed by atoms with E-state index in [-0.39, 0.29) is 0 Å². The normalized spacial score (nSPS) is 17.1. The highest BCUT2D eigenvalue weighted by molar-refractivity contribution is 9.11. The highest BCUT2D eigenvalue weighted by Crippen LogP contribution is 2.44. The van der Waals surface area contributed by atoms with Crippen LogP contribution in [0.3, 0.4) is 0 Å². The van der Waals surface area contributed by atoms with Crippen molar-refractivity contribution >= 4 is 71.1 Å². The molecule has 6 rings (SSSR count). The minimum Gasteiger partial charge on any atom is -0.248 e. The third kappa shape index (κ3) is 5.34. The molecule has 1 heterocycles. The Morgan fingerprint density at radius 1 is 0.514 bits per heavy atom. The molecular weight excluding hydrogens is 650 g/mol. The first-order chi connectivity index (χ1) is 18.0. The average Bonchev–Trinajstić information content (AvgIpc) is 2.91. The van der Waals surface area contributed by atoms with Crippen molar-refractivity contribution in [2.45, 2.75) is 38.5 Å². The van der Waals surface area contributed by atoms with Crippen LogP contribution in [0.25, 0.3) is 34.4 Å². The molecule has 0 saturated carbocycles. The Balaban J connectivity index is 1.58. The van der Waals surface area contributed by atoms with Crippen molar-refractivity contribution in [3.8, 4) is 11.1 Å². The number of fused-ring (bicyclic) bond motifs is 2. The van der Waals surface area contributed by atoms with Crippen molar-refractivity contribution in [2.75, 3.05) is 0 Å². The fourth-order valence-corrected chi connectivity index (χ4v) is 6.39. The molecule has 0 amide bonds. The third-order valence-electron chi connectivity index (χ3n) is 7.31. The number of halogens is 3. The van der Waals surface area contributed by atoms with Gasteiger partial charge in [0.1, 0.15) is 0 Å². The lowest BCUT2D eigenvalue weighted by Gasteiger charge is -2.29. The van der Waals surface area contributed by atoms with Crippen LogP contribution in [-0.2, 0) is 12.8 Å². The van der Waals surface area contributed by atoms with E-state index in [0.29, 0.717) is 0 Å². The Labute approximate surface area is 244 Å². The van der Waals surface area contributed by atoms with E-state index in [1.165, 1.54) is 55.9 Å². The molecule has 2 aliphatic carbocycles. The summed E-state index contributed by atoms with van der Waals surface area (Å²) in [5, 5.41) is 0. The molecule has 4 aromatic rings. The second kappa shape index (κ2) is 10.8. The molecule has 184 valence electrons. The molecule has 0 N–H and O–H groups in total. The average molecular weight is 676 g/mol. The Bertz CT molecular complexity index is 1420. The molecule has 0 aliphatic heterocycles. The fourth-order valence-electron chi connectivity index (χ4n) is 5.60. The molecule has 0 bridgehead atoms. The standard InChI is InChI=1S/C33H26Br3N/c34-26-13-7-21(8-14-26)19-24-3-1-5-29-31(23-11-17-28(36)18-12-23)30-6-2-4-25(33(30)37-32(24)29)20-22-9-15-27(35)16-10-22/h7-20H,1-6H2/b24-19+,25-20+. The lowest BCUT2D eigenvalue weighted by atomic mass is 9.78. The van der Waals surface area contributed by atoms with Crippen LogP contribution in [-0.4, -0.2) is 4.98 Å². The van der Waals surface area contributed by atoms with Crippen LogP contribution in [0.2, 0.25) is 0 Å². The van der Waals surface area contributed by atoms with Crippen LogP contribution >= 0.6 is 47.8 Å². The highest BCUT2D eigenvalue weighted by Gasteiger charge is 2.28. The number of aromatic nitrogens is 1. The maximum absolute atomic E-state index is 5.48. The van der Waals surface area contributed by atoms with Crippen LogP contribution in [0.1, 0.15) is 59.3 Å². The van der Waals surface area contributed by atoms with E-state index >= 15 is 0 Å². The van der Waals surface area contributed by atoms with Crippen LogP contribution < -0.4 is 0 Å². The quantitative estimate of drug-likeness (QED) is 0.211. The van der Waals surface area contributed by atoms with Gasteiger partial charge < -0.3 is 0 Å². The molecule has 0 atom stereocenters. The van der Waals surface area contributed by atoms with E-state index in [4.69, 9.17) is 4.98 Å². The maximum atomic E-state index is 5.48. The summed E-state index contributed by atoms with van der Waals surface area (Å²) in [4.78, 5) is 5.48. The maximum Gasteiger partial charge on any atom is 0.0707 e. The predicted octanol–water partition coefficient (Wildman–Crippen LogP) is 10.8. The van der Waals surface area contributed by atoms with Gasteiger partial charge in [0, 0.05) is 13.4 Å². The lowest BCUT2D eigenvalue weighted by molar-refractivity contribution is 0.778. The summed E-state index contributed by atoms with van der Waals surface area (Å²) < 4.78 is 3.32. The highest BCUT2D eigenvalue weighted by atomic mass is 79.9. The minimum absolute atomic E-state index is 1.06. The van der Waals surface area contributed by atoms with Gasteiger partial charge in [0.25, 0.3) is 0 Å². The zero-order chi connectivity index (χ0) is 25.4. The second-order valence-corrected chi connectivity index (χ2v) is 12.5. The first kappa shape index (κ1) is 25.0. The minimum atomic E-state index is 1.06. The zero-order valence-electron chi connectivity index (χ0n) is 20.4. The second-order valence-electron chi connectivity index (χ2n) is 9.80. The summed E-state index contributed by atoms with van der Waals surface area (Å²) >= 11 is 10.8. The van der Waals surface area contributed by atoms with Crippen molar-refractivity contribution in [1.82, 2.24) is 4.98 Å². The van der Waals surface area contributed by atoms with Crippen molar-refractivity contribution < 1.29 is 0 Å². The molecule has 0 spiro atoms. The third-order valence-corrected chi connectivity index (χ3v) is 8.89. The van der Waals surface area contributed by atoms with Crippen LogP contribution in [0.15, 0.2) is 86.2 Å². The topological polar surface area (TPSA) is 12.9 Å².